The van der Waals surface area contributed by atoms with Crippen LogP contribution in [0.25, 0.3) is 0 Å². The van der Waals surface area contributed by atoms with E-state index in [-0.39, 0.29) is 11.3 Å². The summed E-state index contributed by atoms with van der Waals surface area (Å²) in [4.78, 5) is 12.8. The molecule has 0 heterocycles. The van der Waals surface area contributed by atoms with Crippen LogP contribution in [0.15, 0.2) is 48.5 Å². The molecule has 35 heavy (non-hydrogen) atoms. The quantitative estimate of drug-likeness (QED) is 0.439. The van der Waals surface area contributed by atoms with Gasteiger partial charge >= 0.3 is 6.11 Å². The van der Waals surface area contributed by atoms with Crippen LogP contribution in [0.1, 0.15) is 31.2 Å². The summed E-state index contributed by atoms with van der Waals surface area (Å²) >= 11 is 0. The van der Waals surface area contributed by atoms with Crippen molar-refractivity contribution in [3.63, 3.8) is 0 Å². The molecule has 0 radical (unpaired) electrons. The lowest BCUT2D eigenvalue weighted by atomic mass is 9.78. The van der Waals surface area contributed by atoms with Crippen LogP contribution in [-0.2, 0) is 11.2 Å². The third-order valence-corrected chi connectivity index (χ3v) is 5.61. The molecule has 3 rings (SSSR count). The van der Waals surface area contributed by atoms with Crippen LogP contribution >= 0.6 is 0 Å². The molecule has 1 aliphatic rings. The van der Waals surface area contributed by atoms with Crippen molar-refractivity contribution in [1.82, 2.24) is 10.6 Å². The van der Waals surface area contributed by atoms with Gasteiger partial charge in [0.1, 0.15) is 29.5 Å². The molecule has 0 spiro atoms. The number of hydrogen-bond donors (Lipinski definition) is 2. The molecule has 11 heteroatoms. The maximum atomic E-state index is 14.8. The first-order valence-corrected chi connectivity index (χ1v) is 10.8. The summed E-state index contributed by atoms with van der Waals surface area (Å²) in [5, 5.41) is 13.8. The van der Waals surface area contributed by atoms with Gasteiger partial charge in [0.15, 0.2) is 0 Å². The minimum atomic E-state index is -3.92. The van der Waals surface area contributed by atoms with Crippen molar-refractivity contribution in [2.45, 2.75) is 55.7 Å². The van der Waals surface area contributed by atoms with Gasteiger partial charge in [0, 0.05) is 12.8 Å². The number of halogens is 6. The van der Waals surface area contributed by atoms with Crippen LogP contribution in [0, 0.1) is 23.0 Å². The Hall–Kier alpha value is -3.26. The van der Waals surface area contributed by atoms with Crippen LogP contribution in [0.2, 0.25) is 0 Å². The van der Waals surface area contributed by atoms with Gasteiger partial charge in [-0.1, -0.05) is 12.1 Å². The van der Waals surface area contributed by atoms with E-state index in [4.69, 9.17) is 0 Å². The lowest BCUT2D eigenvalue weighted by molar-refractivity contribution is -0.174. The molecule has 188 valence electrons. The van der Waals surface area contributed by atoms with E-state index in [0.29, 0.717) is 19.3 Å². The fourth-order valence-electron chi connectivity index (χ4n) is 3.60. The van der Waals surface area contributed by atoms with Gasteiger partial charge in [0.25, 0.3) is 5.92 Å². The number of ether oxygens (including phenoxy) is 1. The first-order valence-electron chi connectivity index (χ1n) is 10.8. The predicted molar refractivity (Wildman–Crippen MR) is 114 cm³/mol. The fraction of sp³-hybridized carbons (Fsp3) is 0.417. The van der Waals surface area contributed by atoms with Gasteiger partial charge < -0.3 is 10.1 Å². The number of nitriles is 1. The van der Waals surface area contributed by atoms with Crippen molar-refractivity contribution in [3.05, 3.63) is 65.7 Å². The maximum Gasteiger partial charge on any atom is 0.410 e. The average Bonchev–Trinajstić information content (AvgIpc) is 2.76. The summed E-state index contributed by atoms with van der Waals surface area (Å²) in [7, 11) is 0. The fourth-order valence-corrected chi connectivity index (χ4v) is 3.60. The second-order valence-corrected chi connectivity index (χ2v) is 8.53. The third kappa shape index (κ3) is 7.62. The van der Waals surface area contributed by atoms with Crippen molar-refractivity contribution in [2.75, 3.05) is 6.54 Å². The highest BCUT2D eigenvalue weighted by Gasteiger charge is 2.43. The number of rotatable bonds is 11. The van der Waals surface area contributed by atoms with Gasteiger partial charge in [-0.15, -0.1) is 0 Å². The molecule has 2 aromatic carbocycles. The molecule has 5 nitrogen and oxygen atoms in total. The third-order valence-electron chi connectivity index (χ3n) is 5.61. The number of nitrogens with one attached hydrogen (secondary N) is 2. The summed E-state index contributed by atoms with van der Waals surface area (Å²) < 4.78 is 88.9. The summed E-state index contributed by atoms with van der Waals surface area (Å²) in [5.74, 6) is -6.19. The molecule has 1 amide bonds. The summed E-state index contributed by atoms with van der Waals surface area (Å²) in [6.07, 6.45) is -4.66. The van der Waals surface area contributed by atoms with Crippen LogP contribution in [0.3, 0.4) is 0 Å². The molecule has 0 aromatic heterocycles. The monoisotopic (exact) mass is 499 g/mol. The zero-order chi connectivity index (χ0) is 25.7. The molecule has 1 saturated carbocycles. The van der Waals surface area contributed by atoms with Crippen molar-refractivity contribution in [3.8, 4) is 11.8 Å². The van der Waals surface area contributed by atoms with Crippen LogP contribution in [-0.4, -0.2) is 36.1 Å². The first-order chi connectivity index (χ1) is 16.4. The van der Waals surface area contributed by atoms with Gasteiger partial charge in [-0.05, 0) is 61.2 Å². The maximum absolute atomic E-state index is 14.8. The molecule has 1 aliphatic carbocycles. The van der Waals surface area contributed by atoms with Gasteiger partial charge in [-0.3, -0.25) is 10.1 Å². The zero-order valence-corrected chi connectivity index (χ0v) is 18.5. The molecule has 0 aliphatic heterocycles. The standard InChI is InChI=1S/C24H23F6N3O2/c25-17-4-2-16(3-5-17)12-23(27,28)13-20(21(34)33-22(14-31)10-1-11-22)32-15-24(29,30)35-19-8-6-18(26)7-9-19/h2-9,20,32H,1,10-13,15H2,(H,33,34). The zero-order valence-electron chi connectivity index (χ0n) is 18.5. The Balaban J connectivity index is 1.71. The molecule has 1 atom stereocenters. The van der Waals surface area contributed by atoms with Crippen molar-refractivity contribution >= 4 is 5.91 Å². The number of alkyl halides is 4. The van der Waals surface area contributed by atoms with E-state index in [1.54, 1.807) is 0 Å². The number of hydrogen-bond acceptors (Lipinski definition) is 4. The van der Waals surface area contributed by atoms with Crippen molar-refractivity contribution in [2.24, 2.45) is 0 Å². The largest absolute Gasteiger partial charge is 0.432 e. The minimum absolute atomic E-state index is 0.0908. The highest BCUT2D eigenvalue weighted by Crippen LogP contribution is 2.32. The molecule has 0 saturated heterocycles. The normalized spacial score (nSPS) is 16.0. The van der Waals surface area contributed by atoms with Gasteiger partial charge in [0.05, 0.1) is 12.1 Å². The van der Waals surface area contributed by atoms with E-state index in [1.807, 2.05) is 6.07 Å². The Morgan fingerprint density at radius 2 is 1.60 bits per heavy atom. The predicted octanol–water partition coefficient (Wildman–Crippen LogP) is 4.73. The molecule has 2 N–H and O–H groups in total. The first kappa shape index (κ1) is 26.3. The van der Waals surface area contributed by atoms with Gasteiger partial charge in [0.2, 0.25) is 5.91 Å². The number of carbonyl (C=O) groups excluding carboxylic acids is 1. The van der Waals surface area contributed by atoms with E-state index in [9.17, 15) is 36.4 Å². The van der Waals surface area contributed by atoms with Gasteiger partial charge in [-0.2, -0.15) is 14.0 Å². The Labute approximate surface area is 198 Å². The van der Waals surface area contributed by atoms with Crippen LogP contribution in [0.5, 0.6) is 5.75 Å². The lowest BCUT2D eigenvalue weighted by Gasteiger charge is -2.37. The lowest BCUT2D eigenvalue weighted by Crippen LogP contribution is -2.59. The van der Waals surface area contributed by atoms with E-state index >= 15 is 0 Å². The highest BCUT2D eigenvalue weighted by molar-refractivity contribution is 5.83. The second-order valence-electron chi connectivity index (χ2n) is 8.53. The average molecular weight is 499 g/mol. The Kier molecular flexibility index (Phi) is 7.95. The molecule has 1 fully saturated rings. The number of amides is 1. The number of benzene rings is 2. The summed E-state index contributed by atoms with van der Waals surface area (Å²) in [6, 6.07) is 8.24. The topological polar surface area (TPSA) is 74.2 Å². The SMILES string of the molecule is N#CC1(NC(=O)C(CC(F)(F)Cc2ccc(F)cc2)NCC(F)(F)Oc2ccc(F)cc2)CCC1. The number of carbonyl (C=O) groups is 1. The minimum Gasteiger partial charge on any atom is -0.432 e. The smallest absolute Gasteiger partial charge is 0.410 e. The Bertz CT molecular complexity index is 1050. The van der Waals surface area contributed by atoms with Crippen LogP contribution in [0.4, 0.5) is 26.3 Å². The molecular weight excluding hydrogens is 476 g/mol. The van der Waals surface area contributed by atoms with Crippen LogP contribution < -0.4 is 15.4 Å². The molecule has 0 bridgehead atoms. The Morgan fingerprint density at radius 3 is 2.11 bits per heavy atom. The number of nitrogens with zero attached hydrogens (tertiary/aromatic N) is 1. The van der Waals surface area contributed by atoms with E-state index < -0.39 is 60.5 Å². The van der Waals surface area contributed by atoms with Gasteiger partial charge in [-0.25, -0.2) is 17.6 Å². The van der Waals surface area contributed by atoms with Crippen molar-refractivity contribution in [1.29, 1.82) is 5.26 Å². The van der Waals surface area contributed by atoms with E-state index in [1.165, 1.54) is 0 Å². The van der Waals surface area contributed by atoms with E-state index in [2.05, 4.69) is 15.4 Å². The summed E-state index contributed by atoms with van der Waals surface area (Å²) in [5.41, 5.74) is -1.14. The molecular formula is C24H23F6N3O2. The Morgan fingerprint density at radius 1 is 1.03 bits per heavy atom. The highest BCUT2D eigenvalue weighted by atomic mass is 19.3. The second kappa shape index (κ2) is 10.6. The molecule has 2 aromatic rings. The molecule has 1 unspecified atom stereocenters. The summed E-state index contributed by atoms with van der Waals surface area (Å²) in [6.45, 7) is -1.31. The van der Waals surface area contributed by atoms with Crippen molar-refractivity contribution < 1.29 is 35.9 Å². The van der Waals surface area contributed by atoms with E-state index in [0.717, 1.165) is 48.5 Å².